The molecular formula is C16H23F3N2O2. The van der Waals surface area contributed by atoms with Gasteiger partial charge < -0.3 is 15.7 Å². The number of alkyl halides is 3. The summed E-state index contributed by atoms with van der Waals surface area (Å²) < 4.78 is 38.7. The molecule has 0 atom stereocenters. The minimum Gasteiger partial charge on any atom is -0.396 e. The zero-order valence-corrected chi connectivity index (χ0v) is 13.3. The summed E-state index contributed by atoms with van der Waals surface area (Å²) in [7, 11) is 0. The van der Waals surface area contributed by atoms with Crippen molar-refractivity contribution in [3.05, 3.63) is 29.8 Å². The van der Waals surface area contributed by atoms with E-state index in [1.54, 1.807) is 0 Å². The fraction of sp³-hybridized carbons (Fsp3) is 0.562. The van der Waals surface area contributed by atoms with Gasteiger partial charge in [-0.15, -0.1) is 0 Å². The summed E-state index contributed by atoms with van der Waals surface area (Å²) in [5.41, 5.74) is -1.42. The Labute approximate surface area is 134 Å². The second kappa shape index (κ2) is 8.19. The highest BCUT2D eigenvalue weighted by Gasteiger charge is 2.33. The third-order valence-electron chi connectivity index (χ3n) is 4.25. The minimum absolute atomic E-state index is 0.00187. The van der Waals surface area contributed by atoms with Crippen LogP contribution in [-0.4, -0.2) is 24.3 Å². The van der Waals surface area contributed by atoms with Gasteiger partial charge in [-0.05, 0) is 36.8 Å². The van der Waals surface area contributed by atoms with Gasteiger partial charge in [0.2, 0.25) is 0 Å². The standard InChI is InChI=1S/C16H23F3N2O2/c1-3-15(4-2,9-10-22)11-20-14(23)21-13-8-6-5-7-12(13)16(17,18)19/h5-8,22H,3-4,9-11H2,1-2H3,(H2,20,21,23). The van der Waals surface area contributed by atoms with Gasteiger partial charge in [-0.1, -0.05) is 26.0 Å². The SMILES string of the molecule is CCC(CC)(CCO)CNC(=O)Nc1ccccc1C(F)(F)F. The summed E-state index contributed by atoms with van der Waals surface area (Å²) in [4.78, 5) is 11.9. The number of halogens is 3. The van der Waals surface area contributed by atoms with Gasteiger partial charge in [0.25, 0.3) is 0 Å². The van der Waals surface area contributed by atoms with E-state index in [0.717, 1.165) is 18.9 Å². The van der Waals surface area contributed by atoms with Crippen LogP contribution in [0.1, 0.15) is 38.7 Å². The van der Waals surface area contributed by atoms with Crippen LogP contribution in [-0.2, 0) is 6.18 Å². The van der Waals surface area contributed by atoms with Crippen molar-refractivity contribution in [2.45, 2.75) is 39.3 Å². The van der Waals surface area contributed by atoms with E-state index in [4.69, 9.17) is 5.11 Å². The van der Waals surface area contributed by atoms with Gasteiger partial charge in [0.05, 0.1) is 11.3 Å². The number of nitrogens with one attached hydrogen (secondary N) is 2. The molecule has 0 fully saturated rings. The Kier molecular flexibility index (Phi) is 6.87. The molecule has 0 aliphatic carbocycles. The molecule has 4 nitrogen and oxygen atoms in total. The molecule has 0 aromatic heterocycles. The summed E-state index contributed by atoms with van der Waals surface area (Å²) >= 11 is 0. The van der Waals surface area contributed by atoms with Crippen LogP contribution in [0.5, 0.6) is 0 Å². The van der Waals surface area contributed by atoms with E-state index < -0.39 is 17.8 Å². The third kappa shape index (κ3) is 5.42. The monoisotopic (exact) mass is 332 g/mol. The fourth-order valence-electron chi connectivity index (χ4n) is 2.45. The maximum absolute atomic E-state index is 12.9. The fourth-order valence-corrected chi connectivity index (χ4v) is 2.45. The van der Waals surface area contributed by atoms with Gasteiger partial charge in [-0.2, -0.15) is 13.2 Å². The van der Waals surface area contributed by atoms with Crippen LogP contribution in [0.3, 0.4) is 0 Å². The first kappa shape index (κ1) is 19.3. The quantitative estimate of drug-likeness (QED) is 0.706. The second-order valence-corrected chi connectivity index (χ2v) is 5.53. The highest BCUT2D eigenvalue weighted by molar-refractivity contribution is 5.90. The van der Waals surface area contributed by atoms with Gasteiger partial charge in [0.15, 0.2) is 0 Å². The first-order chi connectivity index (χ1) is 10.8. The predicted octanol–water partition coefficient (Wildman–Crippen LogP) is 4.02. The number of hydrogen-bond acceptors (Lipinski definition) is 2. The number of urea groups is 1. The molecule has 1 aromatic carbocycles. The molecule has 1 rings (SSSR count). The Morgan fingerprint density at radius 2 is 1.78 bits per heavy atom. The molecule has 0 unspecified atom stereocenters. The summed E-state index contributed by atoms with van der Waals surface area (Å²) in [6, 6.07) is 4.14. The van der Waals surface area contributed by atoms with Crippen LogP contribution in [0.25, 0.3) is 0 Å². The average molecular weight is 332 g/mol. The number of hydrogen-bond donors (Lipinski definition) is 3. The topological polar surface area (TPSA) is 61.4 Å². The van der Waals surface area contributed by atoms with Gasteiger partial charge in [-0.3, -0.25) is 0 Å². The number of para-hydroxylation sites is 1. The van der Waals surface area contributed by atoms with E-state index in [-0.39, 0.29) is 17.7 Å². The molecule has 0 spiro atoms. The van der Waals surface area contributed by atoms with Gasteiger partial charge in [0, 0.05) is 13.2 Å². The maximum Gasteiger partial charge on any atom is 0.418 e. The Bertz CT molecular complexity index is 514. The van der Waals surface area contributed by atoms with Crippen molar-refractivity contribution in [2.24, 2.45) is 5.41 Å². The highest BCUT2D eigenvalue weighted by Crippen LogP contribution is 2.34. The lowest BCUT2D eigenvalue weighted by Gasteiger charge is -2.31. The van der Waals surface area contributed by atoms with E-state index in [0.29, 0.717) is 13.0 Å². The lowest BCUT2D eigenvalue weighted by atomic mass is 9.79. The van der Waals surface area contributed by atoms with Crippen LogP contribution in [0, 0.1) is 5.41 Å². The molecule has 2 amide bonds. The van der Waals surface area contributed by atoms with Gasteiger partial charge >= 0.3 is 12.2 Å². The Hall–Kier alpha value is -1.76. The molecule has 3 N–H and O–H groups in total. The number of amides is 2. The van der Waals surface area contributed by atoms with Crippen molar-refractivity contribution in [1.82, 2.24) is 5.32 Å². The summed E-state index contributed by atoms with van der Waals surface area (Å²) in [5, 5.41) is 14.0. The van der Waals surface area contributed by atoms with Crippen LogP contribution in [0.15, 0.2) is 24.3 Å². The zero-order chi connectivity index (χ0) is 17.5. The van der Waals surface area contributed by atoms with Crippen molar-refractivity contribution >= 4 is 11.7 Å². The molecule has 23 heavy (non-hydrogen) atoms. The lowest BCUT2D eigenvalue weighted by molar-refractivity contribution is -0.136. The Balaban J connectivity index is 2.75. The third-order valence-corrected chi connectivity index (χ3v) is 4.25. The van der Waals surface area contributed by atoms with Crippen molar-refractivity contribution in [2.75, 3.05) is 18.5 Å². The molecule has 0 saturated carbocycles. The van der Waals surface area contributed by atoms with Gasteiger partial charge in [-0.25, -0.2) is 4.79 Å². The van der Waals surface area contributed by atoms with Crippen LogP contribution in [0.4, 0.5) is 23.7 Å². The number of aliphatic hydroxyl groups is 1. The van der Waals surface area contributed by atoms with Crippen molar-refractivity contribution in [1.29, 1.82) is 0 Å². The Morgan fingerprint density at radius 3 is 2.30 bits per heavy atom. The molecular weight excluding hydrogens is 309 g/mol. The molecule has 1 aromatic rings. The smallest absolute Gasteiger partial charge is 0.396 e. The van der Waals surface area contributed by atoms with E-state index in [2.05, 4.69) is 10.6 Å². The van der Waals surface area contributed by atoms with Crippen LogP contribution in [0.2, 0.25) is 0 Å². The predicted molar refractivity (Wildman–Crippen MR) is 83.2 cm³/mol. The molecule has 130 valence electrons. The minimum atomic E-state index is -4.53. The summed E-state index contributed by atoms with van der Waals surface area (Å²) in [6.07, 6.45) is -2.50. The number of carbonyl (C=O) groups is 1. The number of benzene rings is 1. The molecule has 0 radical (unpaired) electrons. The van der Waals surface area contributed by atoms with Crippen LogP contribution >= 0.6 is 0 Å². The zero-order valence-electron chi connectivity index (χ0n) is 13.3. The number of carbonyl (C=O) groups excluding carboxylic acids is 1. The van der Waals surface area contributed by atoms with Crippen LogP contribution < -0.4 is 10.6 Å². The first-order valence-electron chi connectivity index (χ1n) is 7.60. The molecule has 0 saturated heterocycles. The normalized spacial score (nSPS) is 12.1. The first-order valence-corrected chi connectivity index (χ1v) is 7.60. The Morgan fingerprint density at radius 1 is 1.17 bits per heavy atom. The largest absolute Gasteiger partial charge is 0.418 e. The summed E-state index contributed by atoms with van der Waals surface area (Å²) in [5.74, 6) is 0. The number of rotatable bonds is 7. The van der Waals surface area contributed by atoms with Crippen molar-refractivity contribution < 1.29 is 23.1 Å². The van der Waals surface area contributed by atoms with E-state index >= 15 is 0 Å². The molecule has 0 aliphatic rings. The van der Waals surface area contributed by atoms with E-state index in [1.807, 2.05) is 13.8 Å². The molecule has 0 heterocycles. The van der Waals surface area contributed by atoms with Crippen molar-refractivity contribution in [3.63, 3.8) is 0 Å². The van der Waals surface area contributed by atoms with E-state index in [9.17, 15) is 18.0 Å². The molecule has 0 aliphatic heterocycles. The number of anilines is 1. The maximum atomic E-state index is 12.9. The van der Waals surface area contributed by atoms with Crippen molar-refractivity contribution in [3.8, 4) is 0 Å². The molecule has 7 heteroatoms. The second-order valence-electron chi connectivity index (χ2n) is 5.53. The van der Waals surface area contributed by atoms with E-state index in [1.165, 1.54) is 18.2 Å². The highest BCUT2D eigenvalue weighted by atomic mass is 19.4. The lowest BCUT2D eigenvalue weighted by Crippen LogP contribution is -2.40. The number of aliphatic hydroxyl groups excluding tert-OH is 1. The van der Waals surface area contributed by atoms with Gasteiger partial charge in [0.1, 0.15) is 0 Å². The summed E-state index contributed by atoms with van der Waals surface area (Å²) in [6.45, 7) is 4.21. The molecule has 0 bridgehead atoms. The average Bonchev–Trinajstić information content (AvgIpc) is 2.51.